The van der Waals surface area contributed by atoms with E-state index in [1.165, 1.54) is 12.1 Å². The summed E-state index contributed by atoms with van der Waals surface area (Å²) >= 11 is 0. The fourth-order valence-electron chi connectivity index (χ4n) is 1.28. The van der Waals surface area contributed by atoms with Gasteiger partial charge in [0.15, 0.2) is 0 Å². The minimum absolute atomic E-state index is 0.0725. The van der Waals surface area contributed by atoms with Crippen molar-refractivity contribution in [2.45, 2.75) is 26.3 Å². The van der Waals surface area contributed by atoms with Crippen LogP contribution in [0.1, 0.15) is 29.3 Å². The number of rotatable bonds is 4. The molecule has 0 fully saturated rings. The van der Waals surface area contributed by atoms with E-state index in [1.807, 2.05) is 13.8 Å². The van der Waals surface area contributed by atoms with Crippen LogP contribution in [-0.2, 0) is 0 Å². The molecule has 1 atom stereocenters. The zero-order chi connectivity index (χ0) is 12.1. The number of nitrogens with two attached hydrogens (primary N) is 1. The summed E-state index contributed by atoms with van der Waals surface area (Å²) in [6.45, 7) is 4.11. The highest BCUT2D eigenvalue weighted by Crippen LogP contribution is 2.09. The Morgan fingerprint density at radius 3 is 2.88 bits per heavy atom. The Bertz CT molecular complexity index is 379. The average Bonchev–Trinajstić information content (AvgIpc) is 2.28. The first kappa shape index (κ1) is 12.6. The molecule has 16 heavy (non-hydrogen) atoms. The first-order valence-corrected chi connectivity index (χ1v) is 5.34. The smallest absolute Gasteiger partial charge is 0.254 e. The molecule has 0 saturated heterocycles. The minimum Gasteiger partial charge on any atom is -0.350 e. The van der Waals surface area contributed by atoms with Gasteiger partial charge in [0.2, 0.25) is 0 Å². The molecular weight excluding hydrogens is 207 g/mol. The van der Waals surface area contributed by atoms with Crippen LogP contribution in [0, 0.1) is 12.7 Å². The van der Waals surface area contributed by atoms with Gasteiger partial charge in [-0.1, -0.05) is 18.6 Å². The number of aryl methyl sites for hydroxylation is 1. The predicted molar refractivity (Wildman–Crippen MR) is 61.7 cm³/mol. The zero-order valence-corrected chi connectivity index (χ0v) is 9.59. The standard InChI is InChI=1S/C12H17FN2O/c1-3-9(14)7-15-12(16)10-6-8(2)4-5-11(10)13/h4-6,9H,3,7,14H2,1-2H3,(H,15,16). The van der Waals surface area contributed by atoms with Gasteiger partial charge in [-0.2, -0.15) is 0 Å². The second-order valence-corrected chi connectivity index (χ2v) is 3.86. The lowest BCUT2D eigenvalue weighted by Gasteiger charge is -2.11. The number of carbonyl (C=O) groups excluding carboxylic acids is 1. The maximum absolute atomic E-state index is 13.3. The van der Waals surface area contributed by atoms with Gasteiger partial charge in [0.05, 0.1) is 5.56 Å². The molecule has 1 aromatic rings. The summed E-state index contributed by atoms with van der Waals surface area (Å²) in [5, 5.41) is 2.61. The van der Waals surface area contributed by atoms with E-state index in [2.05, 4.69) is 5.32 Å². The lowest BCUT2D eigenvalue weighted by molar-refractivity contribution is 0.0947. The van der Waals surface area contributed by atoms with Crippen molar-refractivity contribution in [1.82, 2.24) is 5.32 Å². The van der Waals surface area contributed by atoms with Crippen LogP contribution < -0.4 is 11.1 Å². The summed E-state index contributed by atoms with van der Waals surface area (Å²) in [5.41, 5.74) is 6.58. The van der Waals surface area contributed by atoms with Crippen molar-refractivity contribution >= 4 is 5.91 Å². The summed E-state index contributed by atoms with van der Waals surface area (Å²) in [5.74, 6) is -0.918. The topological polar surface area (TPSA) is 55.1 Å². The van der Waals surface area contributed by atoms with Crippen molar-refractivity contribution in [1.29, 1.82) is 0 Å². The largest absolute Gasteiger partial charge is 0.350 e. The molecule has 1 aromatic carbocycles. The van der Waals surface area contributed by atoms with Gasteiger partial charge in [-0.15, -0.1) is 0 Å². The summed E-state index contributed by atoms with van der Waals surface area (Å²) in [6, 6.07) is 4.37. The van der Waals surface area contributed by atoms with E-state index in [4.69, 9.17) is 5.73 Å². The maximum Gasteiger partial charge on any atom is 0.254 e. The molecule has 1 unspecified atom stereocenters. The van der Waals surface area contributed by atoms with Gasteiger partial charge in [0, 0.05) is 12.6 Å². The average molecular weight is 224 g/mol. The van der Waals surface area contributed by atoms with Gasteiger partial charge in [-0.05, 0) is 25.5 Å². The van der Waals surface area contributed by atoms with Crippen LogP contribution in [0.15, 0.2) is 18.2 Å². The number of benzene rings is 1. The van der Waals surface area contributed by atoms with Crippen molar-refractivity contribution in [2.24, 2.45) is 5.73 Å². The Morgan fingerprint density at radius 2 is 2.25 bits per heavy atom. The molecule has 4 heteroatoms. The maximum atomic E-state index is 13.3. The Labute approximate surface area is 94.8 Å². The third-order valence-corrected chi connectivity index (χ3v) is 2.42. The first-order chi connectivity index (χ1) is 7.54. The second-order valence-electron chi connectivity index (χ2n) is 3.86. The second kappa shape index (κ2) is 5.61. The molecule has 88 valence electrons. The lowest BCUT2D eigenvalue weighted by atomic mass is 10.1. The first-order valence-electron chi connectivity index (χ1n) is 5.34. The van der Waals surface area contributed by atoms with Crippen molar-refractivity contribution in [3.05, 3.63) is 35.1 Å². The quantitative estimate of drug-likeness (QED) is 0.816. The highest BCUT2D eigenvalue weighted by atomic mass is 19.1. The molecular formula is C12H17FN2O. The van der Waals surface area contributed by atoms with E-state index >= 15 is 0 Å². The summed E-state index contributed by atoms with van der Waals surface area (Å²) in [7, 11) is 0. The van der Waals surface area contributed by atoms with Crippen molar-refractivity contribution < 1.29 is 9.18 Å². The van der Waals surface area contributed by atoms with Gasteiger partial charge in [-0.25, -0.2) is 4.39 Å². The van der Waals surface area contributed by atoms with E-state index in [0.29, 0.717) is 6.54 Å². The molecule has 0 saturated carbocycles. The Kier molecular flexibility index (Phi) is 4.43. The van der Waals surface area contributed by atoms with E-state index in [9.17, 15) is 9.18 Å². The van der Waals surface area contributed by atoms with Gasteiger partial charge in [0.1, 0.15) is 5.82 Å². The van der Waals surface area contributed by atoms with E-state index in [-0.39, 0.29) is 11.6 Å². The number of amides is 1. The Balaban J connectivity index is 2.69. The predicted octanol–water partition coefficient (Wildman–Crippen LogP) is 1.60. The van der Waals surface area contributed by atoms with Crippen LogP contribution in [0.4, 0.5) is 4.39 Å². The minimum atomic E-state index is -0.506. The highest BCUT2D eigenvalue weighted by molar-refractivity contribution is 5.94. The molecule has 0 aliphatic carbocycles. The van der Waals surface area contributed by atoms with Crippen LogP contribution in [-0.4, -0.2) is 18.5 Å². The molecule has 3 nitrogen and oxygen atoms in total. The summed E-state index contributed by atoms with van der Waals surface area (Å²) < 4.78 is 13.3. The monoisotopic (exact) mass is 224 g/mol. The van der Waals surface area contributed by atoms with Gasteiger partial charge < -0.3 is 11.1 Å². The third-order valence-electron chi connectivity index (χ3n) is 2.42. The van der Waals surface area contributed by atoms with E-state index in [0.717, 1.165) is 12.0 Å². The highest BCUT2D eigenvalue weighted by Gasteiger charge is 2.12. The molecule has 0 aromatic heterocycles. The molecule has 3 N–H and O–H groups in total. The van der Waals surface area contributed by atoms with Crippen LogP contribution in [0.2, 0.25) is 0 Å². The van der Waals surface area contributed by atoms with Gasteiger partial charge in [0.25, 0.3) is 5.91 Å². The van der Waals surface area contributed by atoms with Crippen LogP contribution in [0.25, 0.3) is 0 Å². The number of nitrogens with one attached hydrogen (secondary N) is 1. The van der Waals surface area contributed by atoms with Crippen molar-refractivity contribution in [3.8, 4) is 0 Å². The van der Waals surface area contributed by atoms with Gasteiger partial charge in [-0.3, -0.25) is 4.79 Å². The normalized spacial score (nSPS) is 12.2. The SMILES string of the molecule is CCC(N)CNC(=O)c1cc(C)ccc1F. The number of halogens is 1. The molecule has 0 bridgehead atoms. The van der Waals surface area contributed by atoms with Crippen molar-refractivity contribution in [3.63, 3.8) is 0 Å². The van der Waals surface area contributed by atoms with Crippen LogP contribution >= 0.6 is 0 Å². The van der Waals surface area contributed by atoms with E-state index in [1.54, 1.807) is 6.07 Å². The molecule has 0 radical (unpaired) electrons. The van der Waals surface area contributed by atoms with Crippen LogP contribution in [0.5, 0.6) is 0 Å². The van der Waals surface area contributed by atoms with Crippen LogP contribution in [0.3, 0.4) is 0 Å². The third kappa shape index (κ3) is 3.31. The Morgan fingerprint density at radius 1 is 1.56 bits per heavy atom. The molecule has 0 heterocycles. The lowest BCUT2D eigenvalue weighted by Crippen LogP contribution is -2.37. The van der Waals surface area contributed by atoms with Crippen molar-refractivity contribution in [2.75, 3.05) is 6.54 Å². The number of hydrogen-bond acceptors (Lipinski definition) is 2. The molecule has 0 aliphatic rings. The zero-order valence-electron chi connectivity index (χ0n) is 9.59. The fourth-order valence-corrected chi connectivity index (χ4v) is 1.28. The molecule has 0 aliphatic heterocycles. The number of hydrogen-bond donors (Lipinski definition) is 2. The van der Waals surface area contributed by atoms with E-state index < -0.39 is 11.7 Å². The summed E-state index contributed by atoms with van der Waals surface area (Å²) in [6.07, 6.45) is 0.774. The number of carbonyl (C=O) groups is 1. The molecule has 1 amide bonds. The fraction of sp³-hybridized carbons (Fsp3) is 0.417. The molecule has 1 rings (SSSR count). The van der Waals surface area contributed by atoms with Gasteiger partial charge >= 0.3 is 0 Å². The Hall–Kier alpha value is -1.42. The molecule has 0 spiro atoms. The summed E-state index contributed by atoms with van der Waals surface area (Å²) in [4.78, 5) is 11.6.